The molecule has 4 nitrogen and oxygen atoms in total. The summed E-state index contributed by atoms with van der Waals surface area (Å²) in [5, 5.41) is 0. The van der Waals surface area contributed by atoms with Crippen LogP contribution >= 0.6 is 0 Å². The van der Waals surface area contributed by atoms with Crippen molar-refractivity contribution in [3.05, 3.63) is 118 Å². The monoisotopic (exact) mass is 461 g/mol. The number of benzene rings is 3. The van der Waals surface area contributed by atoms with Gasteiger partial charge in [0.1, 0.15) is 6.61 Å². The highest BCUT2D eigenvalue weighted by Gasteiger charge is 2.37. The van der Waals surface area contributed by atoms with Gasteiger partial charge in [-0.1, -0.05) is 66.7 Å². The number of carbonyl (C=O) groups is 2. The molecule has 1 aliphatic heterocycles. The van der Waals surface area contributed by atoms with Crippen molar-refractivity contribution in [2.24, 2.45) is 0 Å². The summed E-state index contributed by atoms with van der Waals surface area (Å²) in [5.41, 5.74) is 3.42. The van der Waals surface area contributed by atoms with Crippen LogP contribution in [0.15, 0.2) is 84.1 Å². The van der Waals surface area contributed by atoms with Crippen LogP contribution in [0.5, 0.6) is 0 Å². The zero-order valence-electron chi connectivity index (χ0n) is 19.1. The number of rotatable bonds is 6. The molecule has 1 unspecified atom stereocenters. The minimum absolute atomic E-state index is 0.0227. The Bertz CT molecular complexity index is 1250. The van der Waals surface area contributed by atoms with Crippen LogP contribution in [0.4, 0.5) is 8.78 Å². The molecule has 0 aliphatic carbocycles. The lowest BCUT2D eigenvalue weighted by molar-refractivity contribution is -0.141. The molecule has 1 amide bonds. The van der Waals surface area contributed by atoms with Crippen LogP contribution in [0.2, 0.25) is 0 Å². The van der Waals surface area contributed by atoms with Gasteiger partial charge >= 0.3 is 5.97 Å². The second kappa shape index (κ2) is 10.00. The molecule has 0 aromatic heterocycles. The van der Waals surface area contributed by atoms with E-state index in [4.69, 9.17) is 4.74 Å². The Labute approximate surface area is 197 Å². The number of esters is 1. The standard InChI is InChI=1S/C28H25F2NO3/c1-18-9-6-7-13-22(18)23-15-25(32)31(16-21-12-8-14-24(29)27(21)30)19(2)26(23)28(33)34-17-20-10-4-3-5-11-20/h3-14,23H,15-17H2,1-2H3. The van der Waals surface area contributed by atoms with Gasteiger partial charge in [0.05, 0.1) is 12.1 Å². The van der Waals surface area contributed by atoms with Gasteiger partial charge < -0.3 is 9.64 Å². The van der Waals surface area contributed by atoms with Crippen molar-refractivity contribution < 1.29 is 23.1 Å². The van der Waals surface area contributed by atoms with Crippen molar-refractivity contribution in [2.45, 2.75) is 39.3 Å². The number of halogens is 2. The fourth-order valence-electron chi connectivity index (χ4n) is 4.35. The van der Waals surface area contributed by atoms with E-state index in [1.54, 1.807) is 6.92 Å². The van der Waals surface area contributed by atoms with Gasteiger partial charge in [0.15, 0.2) is 11.6 Å². The first kappa shape index (κ1) is 23.4. The summed E-state index contributed by atoms with van der Waals surface area (Å²) in [6.07, 6.45) is 0.0227. The van der Waals surface area contributed by atoms with Crippen molar-refractivity contribution in [2.75, 3.05) is 0 Å². The molecule has 0 spiro atoms. The third-order valence-electron chi connectivity index (χ3n) is 6.18. The molecule has 34 heavy (non-hydrogen) atoms. The van der Waals surface area contributed by atoms with E-state index in [1.807, 2.05) is 61.5 Å². The first-order chi connectivity index (χ1) is 16.4. The minimum atomic E-state index is -1.00. The van der Waals surface area contributed by atoms with Crippen LogP contribution in [0.1, 0.15) is 41.5 Å². The summed E-state index contributed by atoms with van der Waals surface area (Å²) in [4.78, 5) is 27.9. The largest absolute Gasteiger partial charge is 0.457 e. The van der Waals surface area contributed by atoms with Crippen molar-refractivity contribution >= 4 is 11.9 Å². The molecule has 4 rings (SSSR count). The molecule has 3 aromatic carbocycles. The predicted octanol–water partition coefficient (Wildman–Crippen LogP) is 5.81. The van der Waals surface area contributed by atoms with E-state index in [0.29, 0.717) is 11.3 Å². The normalized spacial score (nSPS) is 16.1. The smallest absolute Gasteiger partial charge is 0.336 e. The van der Waals surface area contributed by atoms with E-state index in [0.717, 1.165) is 22.8 Å². The summed E-state index contributed by atoms with van der Waals surface area (Å²) in [6, 6.07) is 20.7. The molecule has 1 aliphatic rings. The molecular formula is C28H25F2NO3. The highest BCUT2D eigenvalue weighted by atomic mass is 19.2. The summed E-state index contributed by atoms with van der Waals surface area (Å²) >= 11 is 0. The zero-order chi connectivity index (χ0) is 24.2. The lowest BCUT2D eigenvalue weighted by Gasteiger charge is -2.35. The Balaban J connectivity index is 1.72. The van der Waals surface area contributed by atoms with Crippen LogP contribution in [-0.2, 0) is 27.5 Å². The van der Waals surface area contributed by atoms with Crippen molar-refractivity contribution in [3.63, 3.8) is 0 Å². The molecule has 0 radical (unpaired) electrons. The first-order valence-electron chi connectivity index (χ1n) is 11.1. The molecule has 0 bridgehead atoms. The summed E-state index contributed by atoms with van der Waals surface area (Å²) in [5.74, 6) is -3.28. The molecule has 0 N–H and O–H groups in total. The highest BCUT2D eigenvalue weighted by Crippen LogP contribution is 2.39. The molecule has 0 fully saturated rings. The Hall–Kier alpha value is -3.80. The van der Waals surface area contributed by atoms with Gasteiger partial charge in [0, 0.05) is 23.6 Å². The lowest BCUT2D eigenvalue weighted by atomic mass is 9.81. The van der Waals surface area contributed by atoms with Crippen LogP contribution in [0, 0.1) is 18.6 Å². The SMILES string of the molecule is CC1=C(C(=O)OCc2ccccc2)C(c2ccccc2C)CC(=O)N1Cc1cccc(F)c1F. The van der Waals surface area contributed by atoms with E-state index in [1.165, 1.54) is 17.0 Å². The summed E-state index contributed by atoms with van der Waals surface area (Å²) in [7, 11) is 0. The van der Waals surface area contributed by atoms with Gasteiger partial charge in [-0.15, -0.1) is 0 Å². The van der Waals surface area contributed by atoms with E-state index in [-0.39, 0.29) is 31.0 Å². The number of nitrogens with zero attached hydrogens (tertiary/aromatic N) is 1. The number of carbonyl (C=O) groups excluding carboxylic acids is 2. The Morgan fingerprint density at radius 3 is 2.41 bits per heavy atom. The average molecular weight is 462 g/mol. The summed E-state index contributed by atoms with van der Waals surface area (Å²) < 4.78 is 33.7. The maximum absolute atomic E-state index is 14.3. The Morgan fingerprint density at radius 1 is 0.971 bits per heavy atom. The minimum Gasteiger partial charge on any atom is -0.457 e. The number of hydrogen-bond acceptors (Lipinski definition) is 3. The second-order valence-electron chi connectivity index (χ2n) is 8.37. The number of amides is 1. The Morgan fingerprint density at radius 2 is 1.68 bits per heavy atom. The molecule has 6 heteroatoms. The summed E-state index contributed by atoms with van der Waals surface area (Å²) in [6.45, 7) is 3.49. The fourth-order valence-corrected chi connectivity index (χ4v) is 4.35. The van der Waals surface area contributed by atoms with Gasteiger partial charge in [-0.3, -0.25) is 4.79 Å². The predicted molar refractivity (Wildman–Crippen MR) is 124 cm³/mol. The van der Waals surface area contributed by atoms with Gasteiger partial charge in [-0.25, -0.2) is 13.6 Å². The first-order valence-corrected chi connectivity index (χ1v) is 11.1. The molecule has 0 saturated carbocycles. The molecule has 3 aromatic rings. The number of allylic oxidation sites excluding steroid dienone is 1. The molecular weight excluding hydrogens is 436 g/mol. The van der Waals surface area contributed by atoms with E-state index in [2.05, 4.69) is 0 Å². The van der Waals surface area contributed by atoms with Gasteiger partial charge in [-0.05, 0) is 36.6 Å². The van der Waals surface area contributed by atoms with E-state index >= 15 is 0 Å². The van der Waals surface area contributed by atoms with Gasteiger partial charge in [-0.2, -0.15) is 0 Å². The number of hydrogen-bond donors (Lipinski definition) is 0. The van der Waals surface area contributed by atoms with Crippen LogP contribution in [0.3, 0.4) is 0 Å². The van der Waals surface area contributed by atoms with Crippen molar-refractivity contribution in [3.8, 4) is 0 Å². The van der Waals surface area contributed by atoms with E-state index in [9.17, 15) is 18.4 Å². The van der Waals surface area contributed by atoms with Crippen molar-refractivity contribution in [1.82, 2.24) is 4.90 Å². The number of aryl methyl sites for hydroxylation is 1. The molecule has 1 heterocycles. The maximum atomic E-state index is 14.3. The topological polar surface area (TPSA) is 46.6 Å². The fraction of sp³-hybridized carbons (Fsp3) is 0.214. The van der Waals surface area contributed by atoms with Crippen molar-refractivity contribution in [1.29, 1.82) is 0 Å². The average Bonchev–Trinajstić information content (AvgIpc) is 2.83. The van der Waals surface area contributed by atoms with Gasteiger partial charge in [0.2, 0.25) is 5.91 Å². The second-order valence-corrected chi connectivity index (χ2v) is 8.37. The van der Waals surface area contributed by atoms with Crippen LogP contribution in [-0.4, -0.2) is 16.8 Å². The van der Waals surface area contributed by atoms with E-state index < -0.39 is 23.5 Å². The molecule has 1 atom stereocenters. The zero-order valence-corrected chi connectivity index (χ0v) is 19.1. The molecule has 0 saturated heterocycles. The van der Waals surface area contributed by atoms with Crippen LogP contribution < -0.4 is 0 Å². The lowest BCUT2D eigenvalue weighted by Crippen LogP contribution is -2.38. The van der Waals surface area contributed by atoms with Crippen LogP contribution in [0.25, 0.3) is 0 Å². The maximum Gasteiger partial charge on any atom is 0.336 e. The third kappa shape index (κ3) is 4.76. The highest BCUT2D eigenvalue weighted by molar-refractivity contribution is 5.96. The third-order valence-corrected chi connectivity index (χ3v) is 6.18. The van der Waals surface area contributed by atoms with Gasteiger partial charge in [0.25, 0.3) is 0 Å². The molecule has 174 valence electrons. The Kier molecular flexibility index (Phi) is 6.87. The number of ether oxygens (including phenoxy) is 1. The quantitative estimate of drug-likeness (QED) is 0.436.